The Morgan fingerprint density at radius 2 is 1.53 bits per heavy atom. The van der Waals surface area contributed by atoms with Gasteiger partial charge in [0.2, 0.25) is 0 Å². The van der Waals surface area contributed by atoms with Crippen molar-refractivity contribution in [3.8, 4) is 22.6 Å². The zero-order valence-corrected chi connectivity index (χ0v) is 10.8. The molecule has 0 fully saturated rings. The summed E-state index contributed by atoms with van der Waals surface area (Å²) < 4.78 is 15.9. The summed E-state index contributed by atoms with van der Waals surface area (Å²) >= 11 is 0. The van der Waals surface area contributed by atoms with E-state index in [2.05, 4.69) is 0 Å². The molecule has 0 N–H and O–H groups in total. The molecule has 3 nitrogen and oxygen atoms in total. The van der Waals surface area contributed by atoms with Crippen molar-refractivity contribution in [3.05, 3.63) is 48.7 Å². The largest absolute Gasteiger partial charge is 0.497 e. The molecule has 96 valence electrons. The van der Waals surface area contributed by atoms with Crippen LogP contribution in [0.2, 0.25) is 0 Å². The van der Waals surface area contributed by atoms with E-state index >= 15 is 0 Å². The molecule has 1 heterocycles. The molecule has 0 aliphatic rings. The molecule has 0 radical (unpaired) electrons. The van der Waals surface area contributed by atoms with E-state index in [4.69, 9.17) is 13.9 Å². The molecular formula is C16H14O3. The third-order valence-electron chi connectivity index (χ3n) is 3.18. The number of hydrogen-bond acceptors (Lipinski definition) is 3. The van der Waals surface area contributed by atoms with Crippen molar-refractivity contribution in [2.24, 2.45) is 0 Å². The van der Waals surface area contributed by atoms with E-state index in [1.165, 1.54) is 0 Å². The van der Waals surface area contributed by atoms with E-state index in [1.807, 2.05) is 42.5 Å². The Bertz CT molecular complexity index is 696. The molecule has 1 aromatic heterocycles. The molecular weight excluding hydrogens is 240 g/mol. The second kappa shape index (κ2) is 4.69. The number of benzene rings is 2. The zero-order chi connectivity index (χ0) is 13.2. The smallest absolute Gasteiger partial charge is 0.138 e. The minimum Gasteiger partial charge on any atom is -0.497 e. The number of rotatable bonds is 3. The van der Waals surface area contributed by atoms with Crippen LogP contribution in [0.15, 0.2) is 53.1 Å². The van der Waals surface area contributed by atoms with Crippen molar-refractivity contribution in [2.45, 2.75) is 0 Å². The molecule has 0 saturated carbocycles. The lowest BCUT2D eigenvalue weighted by atomic mass is 10.0. The van der Waals surface area contributed by atoms with E-state index < -0.39 is 0 Å². The van der Waals surface area contributed by atoms with Crippen LogP contribution in [0.3, 0.4) is 0 Å². The maximum atomic E-state index is 5.59. The number of fused-ring (bicyclic) bond motifs is 1. The highest BCUT2D eigenvalue weighted by molar-refractivity contribution is 5.94. The quantitative estimate of drug-likeness (QED) is 0.704. The van der Waals surface area contributed by atoms with Gasteiger partial charge in [-0.15, -0.1) is 0 Å². The summed E-state index contributed by atoms with van der Waals surface area (Å²) in [7, 11) is 3.31. The van der Waals surface area contributed by atoms with Gasteiger partial charge < -0.3 is 13.9 Å². The fraction of sp³-hybridized carbons (Fsp3) is 0.125. The lowest BCUT2D eigenvalue weighted by Crippen LogP contribution is -1.83. The molecule has 0 bridgehead atoms. The van der Waals surface area contributed by atoms with Gasteiger partial charge in [0.05, 0.1) is 20.5 Å². The Morgan fingerprint density at radius 3 is 2.21 bits per heavy atom. The van der Waals surface area contributed by atoms with Crippen molar-refractivity contribution in [2.75, 3.05) is 14.2 Å². The zero-order valence-electron chi connectivity index (χ0n) is 10.8. The summed E-state index contributed by atoms with van der Waals surface area (Å²) in [6.07, 6.45) is 1.77. The van der Waals surface area contributed by atoms with Crippen LogP contribution in [0, 0.1) is 0 Å². The van der Waals surface area contributed by atoms with E-state index in [1.54, 1.807) is 20.5 Å². The lowest BCUT2D eigenvalue weighted by Gasteiger charge is -2.02. The molecule has 0 atom stereocenters. The van der Waals surface area contributed by atoms with E-state index in [9.17, 15) is 0 Å². The number of ether oxygens (including phenoxy) is 2. The Morgan fingerprint density at radius 1 is 0.842 bits per heavy atom. The molecule has 0 aliphatic carbocycles. The minimum atomic E-state index is 0.795. The fourth-order valence-corrected chi connectivity index (χ4v) is 2.13. The van der Waals surface area contributed by atoms with Crippen molar-refractivity contribution in [3.63, 3.8) is 0 Å². The second-order valence-electron chi connectivity index (χ2n) is 4.24. The number of methoxy groups -OCH3 is 2. The molecule has 0 aliphatic heterocycles. The fourth-order valence-electron chi connectivity index (χ4n) is 2.13. The van der Waals surface area contributed by atoms with Gasteiger partial charge in [0.25, 0.3) is 0 Å². The van der Waals surface area contributed by atoms with Crippen LogP contribution in [-0.2, 0) is 0 Å². The second-order valence-corrected chi connectivity index (χ2v) is 4.24. The Labute approximate surface area is 111 Å². The van der Waals surface area contributed by atoms with Crippen LogP contribution in [0.25, 0.3) is 22.1 Å². The highest BCUT2D eigenvalue weighted by atomic mass is 16.5. The van der Waals surface area contributed by atoms with Gasteiger partial charge in [-0.2, -0.15) is 0 Å². The Balaban J connectivity index is 2.09. The topological polar surface area (TPSA) is 31.6 Å². The Hall–Kier alpha value is -2.42. The van der Waals surface area contributed by atoms with Crippen LogP contribution < -0.4 is 9.47 Å². The monoisotopic (exact) mass is 254 g/mol. The first kappa shape index (κ1) is 11.7. The normalized spacial score (nSPS) is 10.6. The first-order valence-corrected chi connectivity index (χ1v) is 6.01. The van der Waals surface area contributed by atoms with Gasteiger partial charge in [-0.25, -0.2) is 0 Å². The molecule has 19 heavy (non-hydrogen) atoms. The van der Waals surface area contributed by atoms with Gasteiger partial charge in [-0.1, -0.05) is 12.1 Å². The third-order valence-corrected chi connectivity index (χ3v) is 3.18. The van der Waals surface area contributed by atoms with Gasteiger partial charge in [-0.05, 0) is 29.8 Å². The first-order valence-electron chi connectivity index (χ1n) is 6.01. The average Bonchev–Trinajstić information content (AvgIpc) is 2.90. The van der Waals surface area contributed by atoms with Crippen molar-refractivity contribution >= 4 is 11.0 Å². The van der Waals surface area contributed by atoms with E-state index in [0.29, 0.717) is 0 Å². The summed E-state index contributed by atoms with van der Waals surface area (Å²) in [5.41, 5.74) is 3.00. The maximum Gasteiger partial charge on any atom is 0.138 e. The van der Waals surface area contributed by atoms with Crippen LogP contribution in [0.5, 0.6) is 11.5 Å². The molecule has 0 unspecified atom stereocenters. The number of furan rings is 1. The molecule has 3 heteroatoms. The lowest BCUT2D eigenvalue weighted by molar-refractivity contribution is 0.414. The highest BCUT2D eigenvalue weighted by Crippen LogP contribution is 2.33. The highest BCUT2D eigenvalue weighted by Gasteiger charge is 2.09. The van der Waals surface area contributed by atoms with Gasteiger partial charge in [0.15, 0.2) is 0 Å². The van der Waals surface area contributed by atoms with Crippen molar-refractivity contribution in [1.82, 2.24) is 0 Å². The van der Waals surface area contributed by atoms with Crippen LogP contribution in [0.4, 0.5) is 0 Å². The van der Waals surface area contributed by atoms with Crippen LogP contribution in [0.1, 0.15) is 0 Å². The third kappa shape index (κ3) is 2.03. The van der Waals surface area contributed by atoms with E-state index in [0.717, 1.165) is 33.6 Å². The molecule has 0 amide bonds. The SMILES string of the molecule is COc1ccc(-c2coc3cc(OC)ccc23)cc1. The predicted molar refractivity (Wildman–Crippen MR) is 74.8 cm³/mol. The van der Waals surface area contributed by atoms with Crippen LogP contribution in [-0.4, -0.2) is 14.2 Å². The molecule has 0 saturated heterocycles. The molecule has 0 spiro atoms. The van der Waals surface area contributed by atoms with Crippen LogP contribution >= 0.6 is 0 Å². The average molecular weight is 254 g/mol. The summed E-state index contributed by atoms with van der Waals surface area (Å²) in [5, 5.41) is 1.07. The van der Waals surface area contributed by atoms with Gasteiger partial charge in [0, 0.05) is 17.0 Å². The Kier molecular flexibility index (Phi) is 2.88. The standard InChI is InChI=1S/C16H14O3/c1-17-12-5-3-11(4-6-12)15-10-19-16-9-13(18-2)7-8-14(15)16/h3-10H,1-2H3. The first-order chi connectivity index (χ1) is 9.31. The maximum absolute atomic E-state index is 5.59. The van der Waals surface area contributed by atoms with Gasteiger partial charge >= 0.3 is 0 Å². The molecule has 3 aromatic rings. The predicted octanol–water partition coefficient (Wildman–Crippen LogP) is 4.12. The van der Waals surface area contributed by atoms with Crippen molar-refractivity contribution < 1.29 is 13.9 Å². The molecule has 2 aromatic carbocycles. The van der Waals surface area contributed by atoms with Crippen molar-refractivity contribution in [1.29, 1.82) is 0 Å². The number of hydrogen-bond donors (Lipinski definition) is 0. The summed E-state index contributed by atoms with van der Waals surface area (Å²) in [4.78, 5) is 0. The van der Waals surface area contributed by atoms with E-state index in [-0.39, 0.29) is 0 Å². The summed E-state index contributed by atoms with van der Waals surface area (Å²) in [6.45, 7) is 0. The summed E-state index contributed by atoms with van der Waals surface area (Å²) in [5.74, 6) is 1.64. The van der Waals surface area contributed by atoms with Gasteiger partial charge in [-0.3, -0.25) is 0 Å². The minimum absolute atomic E-state index is 0.795. The molecule has 3 rings (SSSR count). The van der Waals surface area contributed by atoms with Gasteiger partial charge in [0.1, 0.15) is 17.1 Å². The summed E-state index contributed by atoms with van der Waals surface area (Å²) in [6, 6.07) is 13.8.